The van der Waals surface area contributed by atoms with E-state index in [9.17, 15) is 4.39 Å². The largest absolute Gasteiger partial charge is 0.492 e. The first-order valence-electron chi connectivity index (χ1n) is 5.33. The molecule has 19 heavy (non-hydrogen) atoms. The highest BCUT2D eigenvalue weighted by Gasteiger charge is 2.22. The van der Waals surface area contributed by atoms with Crippen LogP contribution in [0, 0.1) is 5.82 Å². The van der Waals surface area contributed by atoms with Crippen LogP contribution in [-0.2, 0) is 0 Å². The van der Waals surface area contributed by atoms with E-state index in [1.54, 1.807) is 6.26 Å². The van der Waals surface area contributed by atoms with Crippen LogP contribution in [0.4, 0.5) is 10.3 Å². The van der Waals surface area contributed by atoms with Crippen LogP contribution in [0.5, 0.6) is 11.5 Å². The SMILES string of the molecule is COc1c(-c2cc(N)on2)cc(F)c(SC)c1OC. The number of nitrogens with zero attached hydrogens (tertiary/aromatic N) is 1. The van der Waals surface area contributed by atoms with Gasteiger partial charge in [0.1, 0.15) is 11.5 Å². The fraction of sp³-hybridized carbons (Fsp3) is 0.250. The molecular weight excluding hydrogens is 271 g/mol. The Hall–Kier alpha value is -1.89. The quantitative estimate of drug-likeness (QED) is 0.870. The van der Waals surface area contributed by atoms with Crippen molar-refractivity contribution < 1.29 is 18.4 Å². The number of ether oxygens (including phenoxy) is 2. The fourth-order valence-electron chi connectivity index (χ4n) is 1.78. The van der Waals surface area contributed by atoms with Gasteiger partial charge in [-0.05, 0) is 12.3 Å². The van der Waals surface area contributed by atoms with Crippen molar-refractivity contribution in [2.45, 2.75) is 4.90 Å². The van der Waals surface area contributed by atoms with E-state index in [0.29, 0.717) is 27.7 Å². The second-order valence-corrected chi connectivity index (χ2v) is 4.44. The van der Waals surface area contributed by atoms with Gasteiger partial charge in [-0.1, -0.05) is 5.16 Å². The average molecular weight is 284 g/mol. The molecule has 0 spiro atoms. The van der Waals surface area contributed by atoms with Crippen molar-refractivity contribution in [2.24, 2.45) is 0 Å². The van der Waals surface area contributed by atoms with Gasteiger partial charge in [0.2, 0.25) is 5.88 Å². The molecule has 0 aliphatic rings. The minimum absolute atomic E-state index is 0.144. The molecule has 0 fully saturated rings. The maximum absolute atomic E-state index is 14.1. The second kappa shape index (κ2) is 5.40. The van der Waals surface area contributed by atoms with Gasteiger partial charge in [-0.25, -0.2) is 4.39 Å². The third kappa shape index (κ3) is 2.33. The molecule has 2 aromatic rings. The Bertz CT molecular complexity index is 601. The zero-order chi connectivity index (χ0) is 14.0. The standard InChI is InChI=1S/C12H13FN2O3S/c1-16-10-6(8-5-9(14)18-15-8)4-7(13)12(19-3)11(10)17-2/h4-5H,14H2,1-3H3. The van der Waals surface area contributed by atoms with Crippen LogP contribution in [0.2, 0.25) is 0 Å². The van der Waals surface area contributed by atoms with Crippen molar-refractivity contribution >= 4 is 17.6 Å². The highest BCUT2D eigenvalue weighted by molar-refractivity contribution is 7.98. The van der Waals surface area contributed by atoms with E-state index in [0.717, 1.165) is 0 Å². The number of benzene rings is 1. The lowest BCUT2D eigenvalue weighted by molar-refractivity contribution is 0.344. The summed E-state index contributed by atoms with van der Waals surface area (Å²) >= 11 is 1.24. The molecular formula is C12H13FN2O3S. The summed E-state index contributed by atoms with van der Waals surface area (Å²) in [5.74, 6) is 0.445. The minimum atomic E-state index is -0.415. The smallest absolute Gasteiger partial charge is 0.222 e. The van der Waals surface area contributed by atoms with E-state index in [2.05, 4.69) is 5.16 Å². The van der Waals surface area contributed by atoms with Crippen LogP contribution in [0.1, 0.15) is 0 Å². The van der Waals surface area contributed by atoms with Crippen LogP contribution in [0.25, 0.3) is 11.3 Å². The molecule has 2 rings (SSSR count). The molecule has 0 saturated heterocycles. The lowest BCUT2D eigenvalue weighted by atomic mass is 10.1. The van der Waals surface area contributed by atoms with Gasteiger partial charge >= 0.3 is 0 Å². The number of nitrogen functional groups attached to an aromatic ring is 1. The molecule has 7 heteroatoms. The van der Waals surface area contributed by atoms with Gasteiger partial charge in [0.05, 0.1) is 24.7 Å². The van der Waals surface area contributed by atoms with Crippen molar-refractivity contribution in [1.29, 1.82) is 0 Å². The molecule has 1 aromatic heterocycles. The summed E-state index contributed by atoms with van der Waals surface area (Å²) in [5, 5.41) is 3.76. The Morgan fingerprint density at radius 2 is 1.95 bits per heavy atom. The molecule has 0 aliphatic heterocycles. The van der Waals surface area contributed by atoms with Crippen LogP contribution >= 0.6 is 11.8 Å². The maximum atomic E-state index is 14.1. The van der Waals surface area contributed by atoms with Gasteiger partial charge in [-0.2, -0.15) is 0 Å². The summed E-state index contributed by atoms with van der Waals surface area (Å²) in [5.41, 5.74) is 6.29. The molecule has 0 saturated carbocycles. The maximum Gasteiger partial charge on any atom is 0.222 e. The number of hydrogen-bond acceptors (Lipinski definition) is 6. The van der Waals surface area contributed by atoms with Crippen molar-refractivity contribution in [3.05, 3.63) is 17.9 Å². The van der Waals surface area contributed by atoms with E-state index < -0.39 is 5.82 Å². The third-order valence-corrected chi connectivity index (χ3v) is 3.35. The number of anilines is 1. The highest BCUT2D eigenvalue weighted by Crippen LogP contribution is 2.45. The first-order valence-corrected chi connectivity index (χ1v) is 6.55. The Labute approximate surface area is 113 Å². The van der Waals surface area contributed by atoms with Crippen molar-refractivity contribution in [3.8, 4) is 22.8 Å². The van der Waals surface area contributed by atoms with Gasteiger partial charge in [0.25, 0.3) is 0 Å². The monoisotopic (exact) mass is 284 g/mol. The summed E-state index contributed by atoms with van der Waals surface area (Å²) in [4.78, 5) is 0.375. The van der Waals surface area contributed by atoms with Gasteiger partial charge in [-0.15, -0.1) is 11.8 Å². The second-order valence-electron chi connectivity index (χ2n) is 3.62. The molecule has 2 N–H and O–H groups in total. The lowest BCUT2D eigenvalue weighted by Crippen LogP contribution is -1.98. The summed E-state index contributed by atoms with van der Waals surface area (Å²) in [6.45, 7) is 0. The predicted molar refractivity (Wildman–Crippen MR) is 71.2 cm³/mol. The molecule has 1 aromatic carbocycles. The number of rotatable bonds is 4. The fourth-order valence-corrected chi connectivity index (χ4v) is 2.39. The Kier molecular flexibility index (Phi) is 3.84. The van der Waals surface area contributed by atoms with E-state index in [4.69, 9.17) is 19.7 Å². The van der Waals surface area contributed by atoms with E-state index in [1.807, 2.05) is 0 Å². The van der Waals surface area contributed by atoms with E-state index in [-0.39, 0.29) is 5.88 Å². The molecule has 5 nitrogen and oxygen atoms in total. The van der Waals surface area contributed by atoms with E-state index in [1.165, 1.54) is 38.1 Å². The van der Waals surface area contributed by atoms with E-state index >= 15 is 0 Å². The van der Waals surface area contributed by atoms with Gasteiger partial charge in [0, 0.05) is 6.07 Å². The van der Waals surface area contributed by atoms with Gasteiger partial charge < -0.3 is 19.7 Å². The first-order chi connectivity index (χ1) is 9.12. The van der Waals surface area contributed by atoms with Crippen LogP contribution in [-0.4, -0.2) is 25.6 Å². The summed E-state index contributed by atoms with van der Waals surface area (Å²) in [6, 6.07) is 2.82. The van der Waals surface area contributed by atoms with Crippen molar-refractivity contribution in [1.82, 2.24) is 5.16 Å². The number of thioether (sulfide) groups is 1. The number of methoxy groups -OCH3 is 2. The summed E-state index contributed by atoms with van der Waals surface area (Å²) in [7, 11) is 2.94. The number of hydrogen-bond donors (Lipinski definition) is 1. The molecule has 1 heterocycles. The predicted octanol–water partition coefficient (Wildman–Crippen LogP) is 2.80. The minimum Gasteiger partial charge on any atom is -0.492 e. The van der Waals surface area contributed by atoms with Gasteiger partial charge in [0.15, 0.2) is 11.5 Å². The van der Waals surface area contributed by atoms with Crippen LogP contribution < -0.4 is 15.2 Å². The summed E-state index contributed by atoms with van der Waals surface area (Å²) < 4.78 is 29.4. The summed E-state index contributed by atoms with van der Waals surface area (Å²) in [6.07, 6.45) is 1.76. The molecule has 0 unspecified atom stereocenters. The number of halogens is 1. The number of aromatic nitrogens is 1. The molecule has 0 atom stereocenters. The third-order valence-electron chi connectivity index (χ3n) is 2.56. The van der Waals surface area contributed by atoms with Crippen molar-refractivity contribution in [2.75, 3.05) is 26.2 Å². The molecule has 0 amide bonds. The first kappa shape index (κ1) is 13.5. The van der Waals surface area contributed by atoms with Crippen LogP contribution in [0.3, 0.4) is 0 Å². The average Bonchev–Trinajstić information content (AvgIpc) is 2.83. The molecule has 0 bridgehead atoms. The highest BCUT2D eigenvalue weighted by atomic mass is 32.2. The normalized spacial score (nSPS) is 10.5. The van der Waals surface area contributed by atoms with Gasteiger partial charge in [-0.3, -0.25) is 0 Å². The lowest BCUT2D eigenvalue weighted by Gasteiger charge is -2.15. The van der Waals surface area contributed by atoms with Crippen LogP contribution in [0.15, 0.2) is 21.6 Å². The molecule has 0 aliphatic carbocycles. The molecule has 102 valence electrons. The zero-order valence-electron chi connectivity index (χ0n) is 10.7. The topological polar surface area (TPSA) is 70.5 Å². The Balaban J connectivity index is 2.71. The number of nitrogens with two attached hydrogens (primary N) is 1. The molecule has 0 radical (unpaired) electrons. The Morgan fingerprint density at radius 1 is 1.26 bits per heavy atom. The zero-order valence-corrected chi connectivity index (χ0v) is 11.5. The Morgan fingerprint density at radius 3 is 2.42 bits per heavy atom. The van der Waals surface area contributed by atoms with Crippen molar-refractivity contribution in [3.63, 3.8) is 0 Å².